The number of hydrogen-bond acceptors (Lipinski definition) is 4. The fourth-order valence-corrected chi connectivity index (χ4v) is 3.44. The van der Waals surface area contributed by atoms with E-state index < -0.39 is 12.7 Å². The van der Waals surface area contributed by atoms with E-state index in [9.17, 15) is 18.4 Å². The highest BCUT2D eigenvalue weighted by Crippen LogP contribution is 2.29. The number of halogens is 2. The van der Waals surface area contributed by atoms with E-state index in [0.717, 1.165) is 5.56 Å². The fraction of sp³-hybridized carbons (Fsp3) is 0.231. The zero-order valence-electron chi connectivity index (χ0n) is 18.7. The molecule has 0 aliphatic carbocycles. The van der Waals surface area contributed by atoms with Crippen LogP contribution in [-0.4, -0.2) is 32.1 Å². The van der Waals surface area contributed by atoms with Crippen molar-refractivity contribution in [3.05, 3.63) is 95.6 Å². The third kappa shape index (κ3) is 7.30. The van der Waals surface area contributed by atoms with Crippen LogP contribution < -0.4 is 20.1 Å². The Balaban J connectivity index is 1.60. The lowest BCUT2D eigenvalue weighted by molar-refractivity contribution is -0.121. The Bertz CT molecular complexity index is 1080. The van der Waals surface area contributed by atoms with Crippen LogP contribution >= 0.6 is 0 Å². The highest BCUT2D eigenvalue weighted by molar-refractivity contribution is 5.94. The first kappa shape index (κ1) is 24.7. The minimum Gasteiger partial charge on any atom is -0.493 e. The molecule has 3 aromatic carbocycles. The Labute approximate surface area is 196 Å². The molecule has 0 fully saturated rings. The Kier molecular flexibility index (Phi) is 8.96. The minimum absolute atomic E-state index is 0.0466. The minimum atomic E-state index is -2.97. The molecular formula is C26H26F2N2O4. The van der Waals surface area contributed by atoms with Crippen LogP contribution in [0.25, 0.3) is 0 Å². The average Bonchev–Trinajstić information content (AvgIpc) is 2.84. The SMILES string of the molecule is COc1ccc(CCNC(=O)CC(NC(=O)c2ccccc2)c2ccccc2)cc1OC(F)F. The lowest BCUT2D eigenvalue weighted by atomic mass is 10.0. The molecule has 3 rings (SSSR count). The van der Waals surface area contributed by atoms with Crippen molar-refractivity contribution in [2.45, 2.75) is 25.5 Å². The van der Waals surface area contributed by atoms with Gasteiger partial charge in [0.05, 0.1) is 19.6 Å². The number of carbonyl (C=O) groups is 2. The van der Waals surface area contributed by atoms with E-state index in [1.54, 1.807) is 36.4 Å². The van der Waals surface area contributed by atoms with E-state index in [0.29, 0.717) is 17.5 Å². The Morgan fingerprint density at radius 2 is 1.59 bits per heavy atom. The van der Waals surface area contributed by atoms with E-state index in [-0.39, 0.29) is 36.3 Å². The van der Waals surface area contributed by atoms with E-state index in [4.69, 9.17) is 4.74 Å². The molecule has 6 nitrogen and oxygen atoms in total. The summed E-state index contributed by atoms with van der Waals surface area (Å²) in [7, 11) is 1.37. The van der Waals surface area contributed by atoms with Crippen LogP contribution in [0, 0.1) is 0 Å². The first-order valence-corrected chi connectivity index (χ1v) is 10.8. The van der Waals surface area contributed by atoms with Crippen molar-refractivity contribution < 1.29 is 27.8 Å². The molecule has 0 heterocycles. The Morgan fingerprint density at radius 1 is 0.912 bits per heavy atom. The van der Waals surface area contributed by atoms with Crippen LogP contribution in [0.2, 0.25) is 0 Å². The van der Waals surface area contributed by atoms with Crippen molar-refractivity contribution in [3.63, 3.8) is 0 Å². The molecule has 0 aliphatic heterocycles. The Hall–Kier alpha value is -3.94. The molecule has 178 valence electrons. The van der Waals surface area contributed by atoms with E-state index in [1.165, 1.54) is 13.2 Å². The van der Waals surface area contributed by atoms with E-state index >= 15 is 0 Å². The predicted molar refractivity (Wildman–Crippen MR) is 124 cm³/mol. The summed E-state index contributed by atoms with van der Waals surface area (Å²) in [4.78, 5) is 25.3. The quantitative estimate of drug-likeness (QED) is 0.434. The maximum atomic E-state index is 12.7. The molecule has 0 aliphatic rings. The monoisotopic (exact) mass is 468 g/mol. The summed E-state index contributed by atoms with van der Waals surface area (Å²) in [6.07, 6.45) is 0.451. The molecule has 0 spiro atoms. The molecule has 2 N–H and O–H groups in total. The number of rotatable bonds is 11. The van der Waals surface area contributed by atoms with Crippen LogP contribution in [-0.2, 0) is 11.2 Å². The molecule has 8 heteroatoms. The maximum absolute atomic E-state index is 12.7. The van der Waals surface area contributed by atoms with Gasteiger partial charge in [-0.2, -0.15) is 8.78 Å². The maximum Gasteiger partial charge on any atom is 0.387 e. The van der Waals surface area contributed by atoms with Crippen molar-refractivity contribution >= 4 is 11.8 Å². The molecule has 0 saturated carbocycles. The highest BCUT2D eigenvalue weighted by Gasteiger charge is 2.19. The zero-order chi connectivity index (χ0) is 24.3. The van der Waals surface area contributed by atoms with Gasteiger partial charge in [0.15, 0.2) is 11.5 Å². The van der Waals surface area contributed by atoms with Gasteiger partial charge in [0.2, 0.25) is 5.91 Å². The average molecular weight is 469 g/mol. The number of ether oxygens (including phenoxy) is 2. The van der Waals surface area contributed by atoms with Crippen molar-refractivity contribution in [2.75, 3.05) is 13.7 Å². The molecule has 1 unspecified atom stereocenters. The number of methoxy groups -OCH3 is 1. The smallest absolute Gasteiger partial charge is 0.387 e. The largest absolute Gasteiger partial charge is 0.493 e. The standard InChI is InChI=1S/C26H26F2N2O4/c1-33-22-13-12-18(16-23(22)34-26(27)28)14-15-29-24(31)17-21(19-8-4-2-5-9-19)30-25(32)20-10-6-3-7-11-20/h2-13,16,21,26H,14-15,17H2,1H3,(H,29,31)(H,30,32). The number of benzene rings is 3. The summed E-state index contributed by atoms with van der Waals surface area (Å²) in [5.41, 5.74) is 2.02. The molecule has 1 atom stereocenters. The third-order valence-corrected chi connectivity index (χ3v) is 5.11. The van der Waals surface area contributed by atoms with Crippen molar-refractivity contribution in [3.8, 4) is 11.5 Å². The second kappa shape index (κ2) is 12.3. The topological polar surface area (TPSA) is 76.7 Å². The molecular weight excluding hydrogens is 442 g/mol. The van der Waals surface area contributed by atoms with Gasteiger partial charge in [0.25, 0.3) is 5.91 Å². The van der Waals surface area contributed by atoms with Gasteiger partial charge in [-0.05, 0) is 41.8 Å². The zero-order valence-corrected chi connectivity index (χ0v) is 18.7. The first-order chi connectivity index (χ1) is 16.5. The van der Waals surface area contributed by atoms with Crippen LogP contribution in [0.4, 0.5) is 8.78 Å². The lowest BCUT2D eigenvalue weighted by Gasteiger charge is -2.19. The van der Waals surface area contributed by atoms with Gasteiger partial charge in [0.1, 0.15) is 0 Å². The fourth-order valence-electron chi connectivity index (χ4n) is 3.44. The van der Waals surface area contributed by atoms with E-state index in [1.807, 2.05) is 36.4 Å². The summed E-state index contributed by atoms with van der Waals surface area (Å²) < 4.78 is 34.8. The van der Waals surface area contributed by atoms with Crippen molar-refractivity contribution in [1.82, 2.24) is 10.6 Å². The number of carbonyl (C=O) groups excluding carboxylic acids is 2. The molecule has 2 amide bonds. The predicted octanol–water partition coefficient (Wildman–Crippen LogP) is 4.52. The molecule has 0 radical (unpaired) electrons. The van der Waals surface area contributed by atoms with Crippen LogP contribution in [0.1, 0.15) is 33.9 Å². The van der Waals surface area contributed by atoms with Crippen molar-refractivity contribution in [1.29, 1.82) is 0 Å². The number of amides is 2. The van der Waals surface area contributed by atoms with Gasteiger partial charge in [-0.3, -0.25) is 9.59 Å². The van der Waals surface area contributed by atoms with Gasteiger partial charge >= 0.3 is 6.61 Å². The molecule has 0 aromatic heterocycles. The summed E-state index contributed by atoms with van der Waals surface area (Å²) in [6.45, 7) is -2.68. The van der Waals surface area contributed by atoms with Crippen LogP contribution in [0.15, 0.2) is 78.9 Å². The number of hydrogen-bond donors (Lipinski definition) is 2. The number of alkyl halides is 2. The van der Waals surface area contributed by atoms with Gasteiger partial charge in [0, 0.05) is 12.1 Å². The molecule has 34 heavy (non-hydrogen) atoms. The van der Waals surface area contributed by atoms with Gasteiger partial charge in [-0.25, -0.2) is 0 Å². The van der Waals surface area contributed by atoms with Crippen molar-refractivity contribution in [2.24, 2.45) is 0 Å². The normalized spacial score (nSPS) is 11.5. The van der Waals surface area contributed by atoms with Gasteiger partial charge in [-0.15, -0.1) is 0 Å². The summed E-state index contributed by atoms with van der Waals surface area (Å²) >= 11 is 0. The van der Waals surface area contributed by atoms with Gasteiger partial charge in [-0.1, -0.05) is 54.6 Å². The highest BCUT2D eigenvalue weighted by atomic mass is 19.3. The second-order valence-electron chi connectivity index (χ2n) is 7.47. The summed E-state index contributed by atoms with van der Waals surface area (Å²) in [6, 6.07) is 22.2. The Morgan fingerprint density at radius 3 is 2.24 bits per heavy atom. The van der Waals surface area contributed by atoms with Crippen LogP contribution in [0.3, 0.4) is 0 Å². The second-order valence-corrected chi connectivity index (χ2v) is 7.47. The molecule has 0 bridgehead atoms. The van der Waals surface area contributed by atoms with Gasteiger partial charge < -0.3 is 20.1 Å². The molecule has 3 aromatic rings. The lowest BCUT2D eigenvalue weighted by Crippen LogP contribution is -2.34. The first-order valence-electron chi connectivity index (χ1n) is 10.8. The van der Waals surface area contributed by atoms with Crippen LogP contribution in [0.5, 0.6) is 11.5 Å². The summed E-state index contributed by atoms with van der Waals surface area (Å²) in [5, 5.41) is 5.75. The molecule has 0 saturated heterocycles. The number of nitrogens with one attached hydrogen (secondary N) is 2. The summed E-state index contributed by atoms with van der Waals surface area (Å²) in [5.74, 6) is -0.381. The van der Waals surface area contributed by atoms with E-state index in [2.05, 4.69) is 15.4 Å². The third-order valence-electron chi connectivity index (χ3n) is 5.11.